The minimum Gasteiger partial charge on any atom is -0.226 e. The van der Waals surface area contributed by atoms with Crippen molar-refractivity contribution >= 4 is 0 Å². The van der Waals surface area contributed by atoms with Crippen LogP contribution in [0, 0.1) is 0 Å². The molecule has 4 heteroatoms. The monoisotopic (exact) mass is 152 g/mol. The number of tetrazole rings is 1. The molecule has 1 rings (SSSR count). The zero-order chi connectivity index (χ0) is 8.27. The van der Waals surface area contributed by atoms with Crippen LogP contribution in [0.15, 0.2) is 12.7 Å². The first-order valence-corrected chi connectivity index (χ1v) is 3.62. The Morgan fingerprint density at radius 3 is 2.91 bits per heavy atom. The molecule has 60 valence electrons. The van der Waals surface area contributed by atoms with Crippen molar-refractivity contribution in [2.24, 2.45) is 0 Å². The molecule has 0 saturated heterocycles. The molecule has 0 aliphatic rings. The maximum atomic E-state index is 3.89. The lowest BCUT2D eigenvalue weighted by atomic mass is 10.2. The summed E-state index contributed by atoms with van der Waals surface area (Å²) in [7, 11) is 0. The molecular weight excluding hydrogens is 140 g/mol. The number of allylic oxidation sites excluding steroid dienone is 1. The molecule has 0 radical (unpaired) electrons. The Morgan fingerprint density at radius 1 is 1.64 bits per heavy atom. The lowest BCUT2D eigenvalue weighted by molar-refractivity contribution is 0.605. The molecule has 1 heterocycles. The van der Waals surface area contributed by atoms with E-state index in [4.69, 9.17) is 0 Å². The standard InChI is InChI=1S/C7H12N4/c1-4-5-11-7(6(2)3)8-9-10-11/h4,6H,1,5H2,2-3H3. The molecule has 0 saturated carbocycles. The largest absolute Gasteiger partial charge is 0.226 e. The second kappa shape index (κ2) is 3.27. The fourth-order valence-corrected chi connectivity index (χ4v) is 0.877. The quantitative estimate of drug-likeness (QED) is 0.606. The lowest BCUT2D eigenvalue weighted by Crippen LogP contribution is -2.05. The van der Waals surface area contributed by atoms with Crippen LogP contribution in [0.3, 0.4) is 0 Å². The van der Waals surface area contributed by atoms with E-state index in [0.717, 1.165) is 5.82 Å². The van der Waals surface area contributed by atoms with Gasteiger partial charge in [-0.05, 0) is 10.4 Å². The summed E-state index contributed by atoms with van der Waals surface area (Å²) in [5.41, 5.74) is 0. The fraction of sp³-hybridized carbons (Fsp3) is 0.571. The molecule has 0 atom stereocenters. The number of nitrogens with zero attached hydrogens (tertiary/aromatic N) is 4. The minimum absolute atomic E-state index is 0.366. The number of hydrogen-bond donors (Lipinski definition) is 0. The number of aromatic nitrogens is 4. The number of hydrogen-bond acceptors (Lipinski definition) is 3. The molecule has 1 aromatic rings. The van der Waals surface area contributed by atoms with Gasteiger partial charge in [0, 0.05) is 5.92 Å². The van der Waals surface area contributed by atoms with Crippen molar-refractivity contribution in [3.63, 3.8) is 0 Å². The molecule has 0 aromatic carbocycles. The van der Waals surface area contributed by atoms with Crippen LogP contribution in [-0.2, 0) is 6.54 Å². The zero-order valence-corrected chi connectivity index (χ0v) is 6.86. The summed E-state index contributed by atoms with van der Waals surface area (Å²) >= 11 is 0. The topological polar surface area (TPSA) is 43.6 Å². The zero-order valence-electron chi connectivity index (χ0n) is 6.86. The SMILES string of the molecule is C=CCn1nnnc1C(C)C. The smallest absolute Gasteiger partial charge is 0.154 e. The van der Waals surface area contributed by atoms with Crippen LogP contribution in [0.4, 0.5) is 0 Å². The van der Waals surface area contributed by atoms with Crippen LogP contribution >= 0.6 is 0 Å². The Kier molecular flexibility index (Phi) is 2.36. The summed E-state index contributed by atoms with van der Waals surface area (Å²) in [5.74, 6) is 1.27. The first-order chi connectivity index (χ1) is 5.25. The average Bonchev–Trinajstić information content (AvgIpc) is 2.36. The van der Waals surface area contributed by atoms with Crippen molar-refractivity contribution in [1.82, 2.24) is 20.2 Å². The summed E-state index contributed by atoms with van der Waals surface area (Å²) in [6.45, 7) is 8.42. The van der Waals surface area contributed by atoms with E-state index in [-0.39, 0.29) is 0 Å². The molecule has 4 nitrogen and oxygen atoms in total. The van der Waals surface area contributed by atoms with Crippen molar-refractivity contribution in [2.45, 2.75) is 26.3 Å². The van der Waals surface area contributed by atoms with Gasteiger partial charge in [-0.15, -0.1) is 11.7 Å². The van der Waals surface area contributed by atoms with Crippen LogP contribution in [0.25, 0.3) is 0 Å². The van der Waals surface area contributed by atoms with E-state index in [2.05, 4.69) is 36.0 Å². The van der Waals surface area contributed by atoms with E-state index in [1.807, 2.05) is 0 Å². The number of rotatable bonds is 3. The van der Waals surface area contributed by atoms with E-state index < -0.39 is 0 Å². The van der Waals surface area contributed by atoms with Crippen molar-refractivity contribution in [1.29, 1.82) is 0 Å². The summed E-state index contributed by atoms with van der Waals surface area (Å²) < 4.78 is 1.75. The normalized spacial score (nSPS) is 10.5. The molecule has 0 aliphatic carbocycles. The van der Waals surface area contributed by atoms with Crippen molar-refractivity contribution in [2.75, 3.05) is 0 Å². The Balaban J connectivity index is 2.86. The molecule has 0 aliphatic heterocycles. The molecule has 0 fully saturated rings. The van der Waals surface area contributed by atoms with Crippen LogP contribution in [0.5, 0.6) is 0 Å². The Morgan fingerprint density at radius 2 is 2.36 bits per heavy atom. The minimum atomic E-state index is 0.366. The van der Waals surface area contributed by atoms with Gasteiger partial charge in [-0.3, -0.25) is 0 Å². The Hall–Kier alpha value is -1.19. The molecule has 0 N–H and O–H groups in total. The van der Waals surface area contributed by atoms with Crippen molar-refractivity contribution < 1.29 is 0 Å². The molecule has 11 heavy (non-hydrogen) atoms. The first kappa shape index (κ1) is 7.91. The van der Waals surface area contributed by atoms with Gasteiger partial charge in [0.1, 0.15) is 0 Å². The Labute approximate surface area is 65.9 Å². The van der Waals surface area contributed by atoms with E-state index in [1.54, 1.807) is 10.8 Å². The van der Waals surface area contributed by atoms with Crippen LogP contribution in [-0.4, -0.2) is 20.2 Å². The first-order valence-electron chi connectivity index (χ1n) is 3.62. The summed E-state index contributed by atoms with van der Waals surface area (Å²) in [6, 6.07) is 0. The third kappa shape index (κ3) is 1.63. The summed E-state index contributed by atoms with van der Waals surface area (Å²) in [5, 5.41) is 11.3. The predicted molar refractivity (Wildman–Crippen MR) is 42.1 cm³/mol. The van der Waals surface area contributed by atoms with Gasteiger partial charge in [0.05, 0.1) is 6.54 Å². The highest BCUT2D eigenvalue weighted by atomic mass is 15.5. The maximum absolute atomic E-state index is 3.89. The highest BCUT2D eigenvalue weighted by molar-refractivity contribution is 4.89. The van der Waals surface area contributed by atoms with Gasteiger partial charge in [0.25, 0.3) is 0 Å². The van der Waals surface area contributed by atoms with Gasteiger partial charge in [-0.25, -0.2) is 4.68 Å². The third-order valence-electron chi connectivity index (χ3n) is 1.38. The van der Waals surface area contributed by atoms with Crippen molar-refractivity contribution in [3.05, 3.63) is 18.5 Å². The van der Waals surface area contributed by atoms with Crippen molar-refractivity contribution in [3.8, 4) is 0 Å². The molecular formula is C7H12N4. The summed E-state index contributed by atoms with van der Waals surface area (Å²) in [6.07, 6.45) is 1.78. The van der Waals surface area contributed by atoms with Gasteiger partial charge in [-0.2, -0.15) is 0 Å². The van der Waals surface area contributed by atoms with Gasteiger partial charge in [0.15, 0.2) is 5.82 Å². The Bertz CT molecular complexity index is 238. The highest BCUT2D eigenvalue weighted by Crippen LogP contribution is 2.08. The molecule has 0 bridgehead atoms. The average molecular weight is 152 g/mol. The third-order valence-corrected chi connectivity index (χ3v) is 1.38. The maximum Gasteiger partial charge on any atom is 0.154 e. The van der Waals surface area contributed by atoms with Crippen LogP contribution in [0.2, 0.25) is 0 Å². The van der Waals surface area contributed by atoms with E-state index in [1.165, 1.54) is 0 Å². The molecule has 0 unspecified atom stereocenters. The molecule has 0 amide bonds. The molecule has 0 spiro atoms. The van der Waals surface area contributed by atoms with E-state index in [9.17, 15) is 0 Å². The van der Waals surface area contributed by atoms with E-state index in [0.29, 0.717) is 12.5 Å². The molecule has 1 aromatic heterocycles. The second-order valence-corrected chi connectivity index (χ2v) is 2.66. The van der Waals surface area contributed by atoms with Gasteiger partial charge in [-0.1, -0.05) is 19.9 Å². The van der Waals surface area contributed by atoms with Gasteiger partial charge in [0.2, 0.25) is 0 Å². The van der Waals surface area contributed by atoms with E-state index >= 15 is 0 Å². The fourth-order valence-electron chi connectivity index (χ4n) is 0.877. The summed E-state index contributed by atoms with van der Waals surface area (Å²) in [4.78, 5) is 0. The van der Waals surface area contributed by atoms with Crippen LogP contribution < -0.4 is 0 Å². The lowest BCUT2D eigenvalue weighted by Gasteiger charge is -2.02. The second-order valence-electron chi connectivity index (χ2n) is 2.66. The van der Waals surface area contributed by atoms with Gasteiger partial charge < -0.3 is 0 Å². The predicted octanol–water partition coefficient (Wildman–Crippen LogP) is 0.982. The van der Waals surface area contributed by atoms with Gasteiger partial charge >= 0.3 is 0 Å². The van der Waals surface area contributed by atoms with Crippen LogP contribution in [0.1, 0.15) is 25.6 Å². The highest BCUT2D eigenvalue weighted by Gasteiger charge is 2.07.